The van der Waals surface area contributed by atoms with Crippen molar-refractivity contribution in [2.24, 2.45) is 11.7 Å². The van der Waals surface area contributed by atoms with Gasteiger partial charge in [0.1, 0.15) is 5.82 Å². The predicted octanol–water partition coefficient (Wildman–Crippen LogP) is 1.20. The van der Waals surface area contributed by atoms with Gasteiger partial charge >= 0.3 is 0 Å². The molecule has 0 saturated carbocycles. The smallest absolute Gasteiger partial charge is 0.252 e. The van der Waals surface area contributed by atoms with Crippen molar-refractivity contribution in [1.82, 2.24) is 9.88 Å². The van der Waals surface area contributed by atoms with Crippen LogP contribution < -0.4 is 10.6 Å². The number of likely N-dealkylation sites (tertiary alicyclic amines) is 1. The fraction of sp³-hybridized carbons (Fsp3) is 0.647. The molecule has 1 saturated heterocycles. The minimum Gasteiger partial charge on any atom is -0.383 e. The fourth-order valence-corrected chi connectivity index (χ4v) is 3.12. The molecule has 128 valence electrons. The number of hydrogen-bond acceptors (Lipinski definition) is 5. The van der Waals surface area contributed by atoms with E-state index in [1.165, 1.54) is 0 Å². The summed E-state index contributed by atoms with van der Waals surface area (Å²) in [5.74, 6) is 0.840. The number of methoxy groups -OCH3 is 1. The van der Waals surface area contributed by atoms with E-state index >= 15 is 0 Å². The minimum atomic E-state index is -0.421. The molecule has 0 aliphatic carbocycles. The van der Waals surface area contributed by atoms with E-state index in [0.717, 1.165) is 50.5 Å². The normalized spacial score (nSPS) is 18.3. The molecule has 0 spiro atoms. The molecule has 0 bridgehead atoms. The van der Waals surface area contributed by atoms with Crippen LogP contribution in [0.5, 0.6) is 0 Å². The van der Waals surface area contributed by atoms with Gasteiger partial charge in [-0.1, -0.05) is 0 Å². The highest BCUT2D eigenvalue weighted by Crippen LogP contribution is 2.23. The van der Waals surface area contributed by atoms with Crippen LogP contribution in [0, 0.1) is 19.8 Å². The number of aromatic nitrogens is 1. The van der Waals surface area contributed by atoms with Crippen LogP contribution in [0.15, 0.2) is 6.07 Å². The number of pyridine rings is 1. The van der Waals surface area contributed by atoms with Crippen molar-refractivity contribution in [3.63, 3.8) is 0 Å². The fourth-order valence-electron chi connectivity index (χ4n) is 3.12. The molecule has 6 heteroatoms. The Kier molecular flexibility index (Phi) is 5.96. The summed E-state index contributed by atoms with van der Waals surface area (Å²) in [6, 6.07) is 1.84. The molecule has 2 N–H and O–H groups in total. The van der Waals surface area contributed by atoms with Crippen LogP contribution in [0.4, 0.5) is 5.82 Å². The van der Waals surface area contributed by atoms with Gasteiger partial charge < -0.3 is 20.3 Å². The molecule has 1 aliphatic rings. The Balaban J connectivity index is 2.05. The third-order valence-electron chi connectivity index (χ3n) is 4.59. The van der Waals surface area contributed by atoms with Crippen molar-refractivity contribution < 1.29 is 9.53 Å². The Labute approximate surface area is 138 Å². The Morgan fingerprint density at radius 3 is 2.91 bits per heavy atom. The first kappa shape index (κ1) is 17.7. The summed E-state index contributed by atoms with van der Waals surface area (Å²) in [5.41, 5.74) is 7.96. The van der Waals surface area contributed by atoms with Gasteiger partial charge in [0.15, 0.2) is 0 Å². The van der Waals surface area contributed by atoms with Gasteiger partial charge in [-0.3, -0.25) is 4.79 Å². The van der Waals surface area contributed by atoms with Crippen molar-refractivity contribution in [2.75, 3.05) is 51.8 Å². The number of rotatable bonds is 7. The Bertz CT molecular complexity index is 562. The van der Waals surface area contributed by atoms with Crippen molar-refractivity contribution in [2.45, 2.75) is 20.3 Å². The maximum atomic E-state index is 11.7. The number of carbonyl (C=O) groups is 1. The molecule has 1 aromatic heterocycles. The third kappa shape index (κ3) is 4.42. The number of nitrogens with zero attached hydrogens (tertiary/aromatic N) is 3. The second kappa shape index (κ2) is 7.75. The van der Waals surface area contributed by atoms with Crippen molar-refractivity contribution in [3.05, 3.63) is 22.9 Å². The van der Waals surface area contributed by atoms with Gasteiger partial charge in [-0.15, -0.1) is 0 Å². The quantitative estimate of drug-likeness (QED) is 0.817. The first-order chi connectivity index (χ1) is 10.9. The molecule has 1 amide bonds. The lowest BCUT2D eigenvalue weighted by molar-refractivity contribution is 0.100. The van der Waals surface area contributed by atoms with Crippen molar-refractivity contribution in [3.8, 4) is 0 Å². The molecular weight excluding hydrogens is 292 g/mol. The monoisotopic (exact) mass is 320 g/mol. The number of primary amides is 1. The molecule has 6 nitrogen and oxygen atoms in total. The first-order valence-electron chi connectivity index (χ1n) is 8.12. The summed E-state index contributed by atoms with van der Waals surface area (Å²) in [5, 5.41) is 0. The van der Waals surface area contributed by atoms with E-state index in [0.29, 0.717) is 17.3 Å². The molecule has 2 heterocycles. The molecule has 1 atom stereocenters. The first-order valence-corrected chi connectivity index (χ1v) is 8.12. The molecule has 1 unspecified atom stereocenters. The minimum absolute atomic E-state index is 0.421. The molecule has 1 aromatic rings. The Morgan fingerprint density at radius 1 is 1.52 bits per heavy atom. The SMILES string of the molecule is COCCN1CCC(CN(C)c2nc(C)c(C)cc2C(N)=O)C1. The van der Waals surface area contributed by atoms with E-state index in [9.17, 15) is 4.79 Å². The summed E-state index contributed by atoms with van der Waals surface area (Å²) in [4.78, 5) is 20.8. The average Bonchev–Trinajstić information content (AvgIpc) is 2.94. The van der Waals surface area contributed by atoms with Crippen LogP contribution in [0.25, 0.3) is 0 Å². The van der Waals surface area contributed by atoms with Crippen LogP contribution >= 0.6 is 0 Å². The summed E-state index contributed by atoms with van der Waals surface area (Å²) in [6.45, 7) is 8.69. The maximum Gasteiger partial charge on any atom is 0.252 e. The Morgan fingerprint density at radius 2 is 2.26 bits per heavy atom. The zero-order valence-electron chi connectivity index (χ0n) is 14.6. The highest BCUT2D eigenvalue weighted by molar-refractivity contribution is 5.98. The number of ether oxygens (including phenoxy) is 1. The number of hydrogen-bond donors (Lipinski definition) is 1. The summed E-state index contributed by atoms with van der Waals surface area (Å²) in [6.07, 6.45) is 1.16. The van der Waals surface area contributed by atoms with Crippen molar-refractivity contribution >= 4 is 11.7 Å². The van der Waals surface area contributed by atoms with E-state index in [1.54, 1.807) is 7.11 Å². The van der Waals surface area contributed by atoms with Crippen molar-refractivity contribution in [1.29, 1.82) is 0 Å². The molecule has 1 fully saturated rings. The van der Waals surface area contributed by atoms with Gasteiger partial charge in [-0.05, 0) is 44.4 Å². The largest absolute Gasteiger partial charge is 0.383 e. The standard InChI is InChI=1S/C17H28N4O2/c1-12-9-15(16(18)22)17(19-13(12)2)20(3)10-14-5-6-21(11-14)7-8-23-4/h9,14H,5-8,10-11H2,1-4H3,(H2,18,22). The summed E-state index contributed by atoms with van der Waals surface area (Å²) >= 11 is 0. The van der Waals surface area contributed by atoms with Crippen LogP contribution in [0.1, 0.15) is 28.0 Å². The number of aryl methyl sites for hydroxylation is 2. The summed E-state index contributed by atoms with van der Waals surface area (Å²) < 4.78 is 5.14. The lowest BCUT2D eigenvalue weighted by Crippen LogP contribution is -2.31. The van der Waals surface area contributed by atoms with E-state index in [1.807, 2.05) is 27.0 Å². The van der Waals surface area contributed by atoms with Gasteiger partial charge in [0, 0.05) is 39.5 Å². The second-order valence-electron chi connectivity index (χ2n) is 6.45. The molecule has 0 radical (unpaired) electrons. The zero-order valence-corrected chi connectivity index (χ0v) is 14.6. The lowest BCUT2D eigenvalue weighted by Gasteiger charge is -2.25. The molecular formula is C17H28N4O2. The van der Waals surface area contributed by atoms with Gasteiger partial charge in [-0.25, -0.2) is 4.98 Å². The van der Waals surface area contributed by atoms with Gasteiger partial charge in [0.2, 0.25) is 0 Å². The van der Waals surface area contributed by atoms with Crippen LogP contribution in [0.2, 0.25) is 0 Å². The number of anilines is 1. The highest BCUT2D eigenvalue weighted by Gasteiger charge is 2.25. The average molecular weight is 320 g/mol. The zero-order chi connectivity index (χ0) is 17.0. The Hall–Kier alpha value is -1.66. The van der Waals surface area contributed by atoms with E-state index < -0.39 is 5.91 Å². The van der Waals surface area contributed by atoms with E-state index in [-0.39, 0.29) is 0 Å². The van der Waals surface area contributed by atoms with Crippen LogP contribution in [-0.2, 0) is 4.74 Å². The molecule has 2 rings (SSSR count). The molecule has 0 aromatic carbocycles. The predicted molar refractivity (Wildman–Crippen MR) is 91.9 cm³/mol. The van der Waals surface area contributed by atoms with Gasteiger partial charge in [0.25, 0.3) is 5.91 Å². The van der Waals surface area contributed by atoms with Crippen LogP contribution in [0.3, 0.4) is 0 Å². The van der Waals surface area contributed by atoms with E-state index in [4.69, 9.17) is 10.5 Å². The summed E-state index contributed by atoms with van der Waals surface area (Å²) in [7, 11) is 3.72. The second-order valence-corrected chi connectivity index (χ2v) is 6.45. The molecule has 23 heavy (non-hydrogen) atoms. The maximum absolute atomic E-state index is 11.7. The van der Waals surface area contributed by atoms with Gasteiger partial charge in [-0.2, -0.15) is 0 Å². The van der Waals surface area contributed by atoms with E-state index in [2.05, 4.69) is 14.8 Å². The topological polar surface area (TPSA) is 71.7 Å². The highest BCUT2D eigenvalue weighted by atomic mass is 16.5. The third-order valence-corrected chi connectivity index (χ3v) is 4.59. The molecule has 1 aliphatic heterocycles. The van der Waals surface area contributed by atoms with Gasteiger partial charge in [0.05, 0.1) is 12.2 Å². The number of nitrogens with two attached hydrogens (primary N) is 1. The number of amides is 1. The van der Waals surface area contributed by atoms with Crippen LogP contribution in [-0.4, -0.2) is 62.7 Å². The number of carbonyl (C=O) groups excluding carboxylic acids is 1. The lowest BCUT2D eigenvalue weighted by atomic mass is 10.1.